The number of allylic oxidation sites excluding steroid dienone is 1. The Hall–Kier alpha value is -2.77. The van der Waals surface area contributed by atoms with Gasteiger partial charge in [0.15, 0.2) is 5.78 Å². The summed E-state index contributed by atoms with van der Waals surface area (Å²) >= 11 is 1.53. The largest absolute Gasteiger partial charge is 0.476 e. The number of Topliss-reactive ketones (excluding diaryl/α,β-unsaturated/α-hetero) is 1. The third-order valence-corrected chi connectivity index (χ3v) is 5.78. The van der Waals surface area contributed by atoms with Crippen molar-refractivity contribution in [2.45, 2.75) is 10.2 Å². The lowest BCUT2D eigenvalue weighted by molar-refractivity contribution is -0.152. The van der Waals surface area contributed by atoms with Gasteiger partial charge in [-0.15, -0.1) is 11.3 Å². The van der Waals surface area contributed by atoms with Crippen LogP contribution in [0.5, 0.6) is 0 Å². The Labute approximate surface area is 168 Å². The maximum Gasteiger partial charge on any atom is 0.393 e. The smallest absolute Gasteiger partial charge is 0.393 e. The Morgan fingerprint density at radius 2 is 1.57 bits per heavy atom. The molecule has 0 saturated carbocycles. The molecule has 1 N–H and O–H groups in total. The molecule has 0 bridgehead atoms. The van der Waals surface area contributed by atoms with Crippen LogP contribution in [0.15, 0.2) is 77.5 Å². The molecule has 3 rings (SSSR count). The summed E-state index contributed by atoms with van der Waals surface area (Å²) in [6, 6.07) is 16.8. The van der Waals surface area contributed by atoms with Gasteiger partial charge < -0.3 is 5.11 Å². The zero-order valence-corrected chi connectivity index (χ0v) is 16.0. The molecule has 28 heavy (non-hydrogen) atoms. The lowest BCUT2D eigenvalue weighted by Gasteiger charge is -2.11. The minimum absolute atomic E-state index is 0.0508. The van der Waals surface area contributed by atoms with E-state index >= 15 is 0 Å². The molecular formula is C21H14F2O3S2. The number of carboxylic acid groups (broad SMARTS) is 1. The van der Waals surface area contributed by atoms with Crippen LogP contribution in [0, 0.1) is 0 Å². The summed E-state index contributed by atoms with van der Waals surface area (Å²) in [5.74, 6) is -2.54. The number of hydrogen-bond acceptors (Lipinski definition) is 4. The molecule has 0 aliphatic rings. The predicted molar refractivity (Wildman–Crippen MR) is 108 cm³/mol. The molecule has 3 aromatic rings. The van der Waals surface area contributed by atoms with Crippen LogP contribution in [-0.4, -0.2) is 22.1 Å². The molecule has 1 heterocycles. The fourth-order valence-electron chi connectivity index (χ4n) is 2.45. The number of halogens is 2. The molecule has 0 aliphatic heterocycles. The van der Waals surface area contributed by atoms with Crippen LogP contribution in [0.2, 0.25) is 0 Å². The van der Waals surface area contributed by atoms with E-state index in [1.165, 1.54) is 24.3 Å². The first-order valence-electron chi connectivity index (χ1n) is 8.06. The van der Waals surface area contributed by atoms with Crippen molar-refractivity contribution >= 4 is 40.4 Å². The van der Waals surface area contributed by atoms with Crippen molar-refractivity contribution in [2.24, 2.45) is 0 Å². The summed E-state index contributed by atoms with van der Waals surface area (Å²) in [5.41, 5.74) is 2.28. The molecule has 0 saturated heterocycles. The molecule has 7 heteroatoms. The van der Waals surface area contributed by atoms with E-state index in [-0.39, 0.29) is 33.6 Å². The van der Waals surface area contributed by atoms with E-state index in [0.29, 0.717) is 5.56 Å². The highest BCUT2D eigenvalue weighted by Gasteiger charge is 2.40. The van der Waals surface area contributed by atoms with Gasteiger partial charge in [-0.2, -0.15) is 8.78 Å². The van der Waals surface area contributed by atoms with Gasteiger partial charge in [0.25, 0.3) is 0 Å². The molecule has 0 amide bonds. The molecular weight excluding hydrogens is 402 g/mol. The van der Waals surface area contributed by atoms with Gasteiger partial charge in [-0.05, 0) is 58.6 Å². The molecule has 1 aromatic heterocycles. The fourth-order valence-corrected chi connectivity index (χ4v) is 3.84. The first kappa shape index (κ1) is 20.0. The number of carboxylic acids is 1. The standard InChI is InChI=1S/C21H14F2O3S2/c1-13(14-4-6-15(7-5-14)18-3-2-12-27-18)19(24)16-8-10-17(11-9-16)28-21(22,23)20(25)26/h2-12H,1H2,(H,25,26). The Bertz CT molecular complexity index is 1010. The quantitative estimate of drug-likeness (QED) is 0.288. The van der Waals surface area contributed by atoms with Gasteiger partial charge in [0.2, 0.25) is 0 Å². The molecule has 0 atom stereocenters. The second-order valence-electron chi connectivity index (χ2n) is 5.81. The summed E-state index contributed by atoms with van der Waals surface area (Å²) in [6.45, 7) is 3.85. The van der Waals surface area contributed by atoms with Crippen molar-refractivity contribution in [3.05, 3.63) is 83.7 Å². The molecule has 0 radical (unpaired) electrons. The summed E-state index contributed by atoms with van der Waals surface area (Å²) in [5, 5.41) is 6.54. The summed E-state index contributed by atoms with van der Waals surface area (Å²) in [6.07, 6.45) is 0. The average molecular weight is 416 g/mol. The van der Waals surface area contributed by atoms with Crippen LogP contribution < -0.4 is 0 Å². The van der Waals surface area contributed by atoms with Crippen molar-refractivity contribution in [3.8, 4) is 10.4 Å². The third kappa shape index (κ3) is 4.37. The molecule has 2 aromatic carbocycles. The van der Waals surface area contributed by atoms with E-state index in [0.717, 1.165) is 10.4 Å². The lowest BCUT2D eigenvalue weighted by atomic mass is 9.97. The van der Waals surface area contributed by atoms with E-state index in [9.17, 15) is 18.4 Å². The van der Waals surface area contributed by atoms with E-state index in [4.69, 9.17) is 5.11 Å². The lowest BCUT2D eigenvalue weighted by Crippen LogP contribution is -2.23. The number of thioether (sulfide) groups is 1. The SMILES string of the molecule is C=C(C(=O)c1ccc(SC(F)(F)C(=O)O)cc1)c1ccc(-c2cccs2)cc1. The van der Waals surface area contributed by atoms with Gasteiger partial charge in [0, 0.05) is 20.9 Å². The topological polar surface area (TPSA) is 54.4 Å². The van der Waals surface area contributed by atoms with Crippen molar-refractivity contribution in [1.82, 2.24) is 0 Å². The van der Waals surface area contributed by atoms with Crippen LogP contribution in [0.25, 0.3) is 16.0 Å². The molecule has 0 aliphatic carbocycles. The van der Waals surface area contributed by atoms with Crippen LogP contribution >= 0.6 is 23.1 Å². The first-order chi connectivity index (χ1) is 13.3. The number of ketones is 1. The predicted octanol–water partition coefficient (Wildman–Crippen LogP) is 6.08. The Morgan fingerprint density at radius 3 is 2.11 bits per heavy atom. The average Bonchev–Trinajstić information content (AvgIpc) is 3.22. The minimum atomic E-state index is -3.93. The van der Waals surface area contributed by atoms with Crippen molar-refractivity contribution in [2.75, 3.05) is 0 Å². The monoisotopic (exact) mass is 416 g/mol. The number of carbonyl (C=O) groups is 2. The van der Waals surface area contributed by atoms with Crippen molar-refractivity contribution in [3.63, 3.8) is 0 Å². The molecule has 0 spiro atoms. The van der Waals surface area contributed by atoms with Crippen LogP contribution in [0.1, 0.15) is 15.9 Å². The zero-order chi connectivity index (χ0) is 20.3. The highest BCUT2D eigenvalue weighted by molar-refractivity contribution is 8.01. The fraction of sp³-hybridized carbons (Fsp3) is 0.0476. The summed E-state index contributed by atoms with van der Waals surface area (Å²) in [4.78, 5) is 24.3. The number of aliphatic carboxylic acids is 1. The number of benzene rings is 2. The Kier molecular flexibility index (Phi) is 5.76. The number of hydrogen-bond donors (Lipinski definition) is 1. The van der Waals surface area contributed by atoms with Gasteiger partial charge in [-0.3, -0.25) is 4.79 Å². The Morgan fingerprint density at radius 1 is 0.964 bits per heavy atom. The zero-order valence-electron chi connectivity index (χ0n) is 14.4. The second-order valence-corrected chi connectivity index (χ2v) is 7.95. The van der Waals surface area contributed by atoms with E-state index < -0.39 is 11.2 Å². The van der Waals surface area contributed by atoms with Gasteiger partial charge in [-0.25, -0.2) is 4.79 Å². The molecule has 142 valence electrons. The first-order valence-corrected chi connectivity index (χ1v) is 9.76. The van der Waals surface area contributed by atoms with Gasteiger partial charge in [0.05, 0.1) is 0 Å². The van der Waals surface area contributed by atoms with Gasteiger partial charge >= 0.3 is 11.2 Å². The number of alkyl halides is 2. The third-order valence-electron chi connectivity index (χ3n) is 3.92. The van der Waals surface area contributed by atoms with E-state index in [2.05, 4.69) is 6.58 Å². The van der Waals surface area contributed by atoms with Crippen LogP contribution in [0.4, 0.5) is 8.78 Å². The van der Waals surface area contributed by atoms with E-state index in [1.807, 2.05) is 41.8 Å². The number of carbonyl (C=O) groups excluding carboxylic acids is 1. The molecule has 0 fully saturated rings. The van der Waals surface area contributed by atoms with E-state index in [1.54, 1.807) is 11.3 Å². The van der Waals surface area contributed by atoms with Crippen LogP contribution in [-0.2, 0) is 4.79 Å². The maximum absolute atomic E-state index is 13.3. The second kappa shape index (κ2) is 8.08. The minimum Gasteiger partial charge on any atom is -0.476 e. The van der Waals surface area contributed by atoms with Gasteiger partial charge in [0.1, 0.15) is 0 Å². The molecule has 3 nitrogen and oxygen atoms in total. The highest BCUT2D eigenvalue weighted by atomic mass is 32.2. The number of thiophene rings is 1. The normalized spacial score (nSPS) is 11.2. The van der Waals surface area contributed by atoms with Gasteiger partial charge in [-0.1, -0.05) is 36.9 Å². The van der Waals surface area contributed by atoms with Crippen LogP contribution in [0.3, 0.4) is 0 Å². The highest BCUT2D eigenvalue weighted by Crippen LogP contribution is 2.36. The summed E-state index contributed by atoms with van der Waals surface area (Å²) < 4.78 is 26.5. The van der Waals surface area contributed by atoms with Crippen molar-refractivity contribution in [1.29, 1.82) is 0 Å². The number of rotatable bonds is 7. The maximum atomic E-state index is 13.3. The summed E-state index contributed by atoms with van der Waals surface area (Å²) in [7, 11) is 0. The van der Waals surface area contributed by atoms with Crippen molar-refractivity contribution < 1.29 is 23.5 Å². The molecule has 0 unspecified atom stereocenters. The Balaban J connectivity index is 1.73.